The van der Waals surface area contributed by atoms with Crippen molar-refractivity contribution in [2.45, 2.75) is 43.8 Å². The van der Waals surface area contributed by atoms with Crippen LogP contribution in [0.1, 0.15) is 32.2 Å². The van der Waals surface area contributed by atoms with E-state index in [0.29, 0.717) is 29.8 Å². The standard InChI is InChI=1S/C16H20FN3O3S/c1-16(2,3)23-14(21)18-8-7-13-19-20-15(22-13)24-10-11-5-4-6-12(17)9-11/h4-6,9H,7-8,10H2,1-3H3,(H,18,21). The Bertz CT molecular complexity index is 685. The minimum Gasteiger partial charge on any atom is -0.444 e. The maximum absolute atomic E-state index is 13.1. The fourth-order valence-electron chi connectivity index (χ4n) is 1.76. The van der Waals surface area contributed by atoms with Gasteiger partial charge in [-0.1, -0.05) is 23.9 Å². The smallest absolute Gasteiger partial charge is 0.407 e. The molecule has 0 radical (unpaired) electrons. The Morgan fingerprint density at radius 2 is 2.17 bits per heavy atom. The molecule has 0 atom stereocenters. The number of carbonyl (C=O) groups excluding carboxylic acids is 1. The molecule has 0 unspecified atom stereocenters. The number of aromatic nitrogens is 2. The van der Waals surface area contributed by atoms with E-state index in [4.69, 9.17) is 9.15 Å². The van der Waals surface area contributed by atoms with E-state index in [1.54, 1.807) is 26.8 Å². The molecule has 1 aromatic carbocycles. The van der Waals surface area contributed by atoms with E-state index in [1.807, 2.05) is 6.07 Å². The number of halogens is 1. The zero-order chi connectivity index (χ0) is 17.6. The van der Waals surface area contributed by atoms with Crippen LogP contribution in [0.5, 0.6) is 0 Å². The Morgan fingerprint density at radius 1 is 1.38 bits per heavy atom. The number of hydrogen-bond donors (Lipinski definition) is 1. The van der Waals surface area contributed by atoms with Crippen molar-refractivity contribution in [3.8, 4) is 0 Å². The maximum atomic E-state index is 13.1. The molecule has 0 spiro atoms. The van der Waals surface area contributed by atoms with Gasteiger partial charge in [0, 0.05) is 18.7 Å². The molecule has 0 saturated heterocycles. The lowest BCUT2D eigenvalue weighted by atomic mass is 10.2. The van der Waals surface area contributed by atoms with Gasteiger partial charge in [-0.05, 0) is 38.5 Å². The van der Waals surface area contributed by atoms with Crippen LogP contribution in [0, 0.1) is 5.82 Å². The number of nitrogens with one attached hydrogen (secondary N) is 1. The zero-order valence-corrected chi connectivity index (χ0v) is 14.7. The van der Waals surface area contributed by atoms with Gasteiger partial charge in [0.05, 0.1) is 0 Å². The van der Waals surface area contributed by atoms with Crippen molar-refractivity contribution in [1.82, 2.24) is 15.5 Å². The largest absolute Gasteiger partial charge is 0.444 e. The van der Waals surface area contributed by atoms with Crippen molar-refractivity contribution in [3.63, 3.8) is 0 Å². The highest BCUT2D eigenvalue weighted by Crippen LogP contribution is 2.21. The molecule has 1 amide bonds. The van der Waals surface area contributed by atoms with Crippen LogP contribution in [0.4, 0.5) is 9.18 Å². The molecule has 0 bridgehead atoms. The first-order chi connectivity index (χ1) is 11.3. The molecule has 130 valence electrons. The fraction of sp³-hybridized carbons (Fsp3) is 0.438. The molecule has 0 fully saturated rings. The number of thioether (sulfide) groups is 1. The monoisotopic (exact) mass is 353 g/mol. The number of alkyl carbamates (subject to hydrolysis) is 1. The van der Waals surface area contributed by atoms with E-state index in [2.05, 4.69) is 15.5 Å². The number of rotatable bonds is 6. The molecule has 1 heterocycles. The second kappa shape index (κ2) is 8.14. The summed E-state index contributed by atoms with van der Waals surface area (Å²) in [5, 5.41) is 10.9. The normalized spacial score (nSPS) is 11.3. The first-order valence-electron chi connectivity index (χ1n) is 7.48. The van der Waals surface area contributed by atoms with E-state index in [-0.39, 0.29) is 5.82 Å². The highest BCUT2D eigenvalue weighted by Gasteiger charge is 2.16. The quantitative estimate of drug-likeness (QED) is 0.800. The van der Waals surface area contributed by atoms with E-state index in [9.17, 15) is 9.18 Å². The summed E-state index contributed by atoms with van der Waals surface area (Å²) in [6.45, 7) is 5.73. The number of amides is 1. The first-order valence-corrected chi connectivity index (χ1v) is 8.47. The summed E-state index contributed by atoms with van der Waals surface area (Å²) in [7, 11) is 0. The van der Waals surface area contributed by atoms with Gasteiger partial charge in [-0.15, -0.1) is 10.2 Å². The SMILES string of the molecule is CC(C)(C)OC(=O)NCCc1nnc(SCc2cccc(F)c2)o1. The van der Waals surface area contributed by atoms with Crippen LogP contribution < -0.4 is 5.32 Å². The summed E-state index contributed by atoms with van der Waals surface area (Å²) in [6.07, 6.45) is -0.0741. The van der Waals surface area contributed by atoms with Crippen molar-refractivity contribution in [1.29, 1.82) is 0 Å². The van der Waals surface area contributed by atoms with Crippen LogP contribution in [0.2, 0.25) is 0 Å². The summed E-state index contributed by atoms with van der Waals surface area (Å²) in [5.74, 6) is 0.690. The van der Waals surface area contributed by atoms with Gasteiger partial charge in [-0.2, -0.15) is 0 Å². The Morgan fingerprint density at radius 3 is 2.88 bits per heavy atom. The van der Waals surface area contributed by atoms with Crippen molar-refractivity contribution in [2.24, 2.45) is 0 Å². The van der Waals surface area contributed by atoms with Gasteiger partial charge >= 0.3 is 6.09 Å². The fourth-order valence-corrected chi connectivity index (χ4v) is 2.48. The number of carbonyl (C=O) groups is 1. The van der Waals surface area contributed by atoms with Crippen LogP contribution in [0.15, 0.2) is 33.9 Å². The molecule has 2 rings (SSSR count). The zero-order valence-electron chi connectivity index (χ0n) is 13.8. The van der Waals surface area contributed by atoms with Gasteiger partial charge in [0.2, 0.25) is 5.89 Å². The number of benzene rings is 1. The highest BCUT2D eigenvalue weighted by atomic mass is 32.2. The Labute approximate surface area is 144 Å². The lowest BCUT2D eigenvalue weighted by Crippen LogP contribution is -2.33. The molecule has 2 aromatic rings. The van der Waals surface area contributed by atoms with Crippen LogP contribution >= 0.6 is 11.8 Å². The summed E-state index contributed by atoms with van der Waals surface area (Å²) in [6, 6.07) is 6.36. The third-order valence-electron chi connectivity index (χ3n) is 2.71. The second-order valence-corrected chi connectivity index (χ2v) is 6.99. The summed E-state index contributed by atoms with van der Waals surface area (Å²) >= 11 is 1.33. The molecular formula is C16H20FN3O3S. The van der Waals surface area contributed by atoms with E-state index in [1.165, 1.54) is 23.9 Å². The van der Waals surface area contributed by atoms with Crippen molar-refractivity contribution in [2.75, 3.05) is 6.54 Å². The Kier molecular flexibility index (Phi) is 6.19. The number of nitrogens with zero attached hydrogens (tertiary/aromatic N) is 2. The van der Waals surface area contributed by atoms with E-state index in [0.717, 1.165) is 5.56 Å². The lowest BCUT2D eigenvalue weighted by Gasteiger charge is -2.19. The molecular weight excluding hydrogens is 333 g/mol. The molecule has 1 N–H and O–H groups in total. The second-order valence-electron chi connectivity index (χ2n) is 6.06. The molecule has 24 heavy (non-hydrogen) atoms. The van der Waals surface area contributed by atoms with Crippen LogP contribution in [-0.4, -0.2) is 28.4 Å². The van der Waals surface area contributed by atoms with Gasteiger partial charge < -0.3 is 14.5 Å². The summed E-state index contributed by atoms with van der Waals surface area (Å²) in [5.41, 5.74) is 0.307. The van der Waals surface area contributed by atoms with Gasteiger partial charge in [-0.25, -0.2) is 9.18 Å². The molecule has 1 aromatic heterocycles. The van der Waals surface area contributed by atoms with Crippen molar-refractivity contribution >= 4 is 17.9 Å². The van der Waals surface area contributed by atoms with Crippen LogP contribution in [0.25, 0.3) is 0 Å². The summed E-state index contributed by atoms with van der Waals surface area (Å²) < 4.78 is 23.7. The average Bonchev–Trinajstić information content (AvgIpc) is 2.91. The molecule has 0 aliphatic heterocycles. The van der Waals surface area contributed by atoms with Crippen molar-refractivity contribution < 1.29 is 18.3 Å². The maximum Gasteiger partial charge on any atom is 0.407 e. The summed E-state index contributed by atoms with van der Waals surface area (Å²) in [4.78, 5) is 11.5. The van der Waals surface area contributed by atoms with E-state index < -0.39 is 11.7 Å². The number of ether oxygens (including phenoxy) is 1. The third kappa shape index (κ3) is 6.57. The predicted molar refractivity (Wildman–Crippen MR) is 88.2 cm³/mol. The van der Waals surface area contributed by atoms with Gasteiger partial charge in [0.15, 0.2) is 0 Å². The van der Waals surface area contributed by atoms with Crippen LogP contribution in [0.3, 0.4) is 0 Å². The number of hydrogen-bond acceptors (Lipinski definition) is 6. The molecule has 6 nitrogen and oxygen atoms in total. The highest BCUT2D eigenvalue weighted by molar-refractivity contribution is 7.98. The molecule has 0 aliphatic carbocycles. The van der Waals surface area contributed by atoms with Gasteiger partial charge in [-0.3, -0.25) is 0 Å². The average molecular weight is 353 g/mol. The predicted octanol–water partition coefficient (Wildman–Crippen LogP) is 3.57. The van der Waals surface area contributed by atoms with E-state index >= 15 is 0 Å². The first kappa shape index (κ1) is 18.3. The molecule has 0 saturated carbocycles. The Hall–Kier alpha value is -2.09. The topological polar surface area (TPSA) is 77.2 Å². The van der Waals surface area contributed by atoms with Gasteiger partial charge in [0.1, 0.15) is 11.4 Å². The lowest BCUT2D eigenvalue weighted by molar-refractivity contribution is 0.0528. The minimum atomic E-state index is -0.532. The Balaban J connectivity index is 1.74. The molecule has 0 aliphatic rings. The third-order valence-corrected chi connectivity index (χ3v) is 3.60. The van der Waals surface area contributed by atoms with Gasteiger partial charge in [0.25, 0.3) is 5.22 Å². The van der Waals surface area contributed by atoms with Crippen molar-refractivity contribution in [3.05, 3.63) is 41.5 Å². The van der Waals surface area contributed by atoms with Crippen LogP contribution in [-0.2, 0) is 16.9 Å². The minimum absolute atomic E-state index is 0.271. The molecule has 8 heteroatoms.